The van der Waals surface area contributed by atoms with Gasteiger partial charge in [-0.05, 0) is 12.1 Å². The highest BCUT2D eigenvalue weighted by molar-refractivity contribution is 7.79. The number of nitrogens with zero attached hydrogens (tertiary/aromatic N) is 4. The summed E-state index contributed by atoms with van der Waals surface area (Å²) in [5, 5.41) is 17.5. The highest BCUT2D eigenvalue weighted by atomic mass is 35.5. The molecular weight excluding hydrogens is 406 g/mol. The minimum atomic E-state index is -4.67. The van der Waals surface area contributed by atoms with E-state index in [0.29, 0.717) is 20.9 Å². The fourth-order valence-corrected chi connectivity index (χ4v) is 2.92. The highest BCUT2D eigenvalue weighted by Crippen LogP contribution is 2.33. The van der Waals surface area contributed by atoms with Crippen LogP contribution in [0.15, 0.2) is 30.5 Å². The largest absolute Gasteiger partial charge is 0.495 e. The molecule has 26 heavy (non-hydrogen) atoms. The van der Waals surface area contributed by atoms with Gasteiger partial charge in [-0.15, -0.1) is 10.2 Å². The third-order valence-corrected chi connectivity index (χ3v) is 3.88. The molecule has 0 spiro atoms. The van der Waals surface area contributed by atoms with Gasteiger partial charge in [-0.3, -0.25) is 13.8 Å². The van der Waals surface area contributed by atoms with Crippen molar-refractivity contribution in [3.8, 4) is 16.5 Å². The Bertz CT molecular complexity index is 980. The van der Waals surface area contributed by atoms with Gasteiger partial charge in [-0.2, -0.15) is 13.5 Å². The van der Waals surface area contributed by atoms with Gasteiger partial charge in [0.25, 0.3) is 0 Å². The zero-order valence-electron chi connectivity index (χ0n) is 13.5. The van der Waals surface area contributed by atoms with E-state index in [1.165, 1.54) is 11.3 Å². The van der Waals surface area contributed by atoms with Gasteiger partial charge in [-0.1, -0.05) is 35.1 Å². The van der Waals surface area contributed by atoms with Crippen LogP contribution in [-0.4, -0.2) is 44.6 Å². The lowest BCUT2D eigenvalue weighted by molar-refractivity contribution is 0.381. The number of ether oxygens (including phenoxy) is 1. The molecule has 3 aromatic rings. The van der Waals surface area contributed by atoms with Crippen molar-refractivity contribution in [2.75, 3.05) is 12.4 Å². The maximum atomic E-state index is 8.74. The van der Waals surface area contributed by atoms with Crippen molar-refractivity contribution < 1.29 is 22.3 Å². The van der Waals surface area contributed by atoms with E-state index in [2.05, 4.69) is 20.6 Å². The van der Waals surface area contributed by atoms with Gasteiger partial charge in [-0.25, -0.2) is 0 Å². The van der Waals surface area contributed by atoms with Gasteiger partial charge >= 0.3 is 10.4 Å². The normalized spacial score (nSPS) is 10.8. The summed E-state index contributed by atoms with van der Waals surface area (Å²) in [5.41, 5.74) is 1.46. The van der Waals surface area contributed by atoms with Gasteiger partial charge < -0.3 is 10.1 Å². The number of aromatic nitrogens is 4. The van der Waals surface area contributed by atoms with Crippen LogP contribution >= 0.6 is 22.9 Å². The summed E-state index contributed by atoms with van der Waals surface area (Å²) in [6.07, 6.45) is 1.73. The summed E-state index contributed by atoms with van der Waals surface area (Å²) >= 11 is 7.49. The molecule has 0 saturated carbocycles. The molecule has 0 aliphatic carbocycles. The Labute approximate surface area is 158 Å². The standard InChI is InChI=1S/C13H12ClN5OS.H2O4S/c1-19-7-8(14)11(18-19)12-16-17-13(21-12)15-9-5-3-4-6-10(9)20-2;1-5(2,3)4/h3-7H,1-2H3,(H,15,17);(H2,1,2,3,4). The minimum absolute atomic E-state index is 0.553. The van der Waals surface area contributed by atoms with Gasteiger partial charge in [0.05, 0.1) is 17.8 Å². The topological polar surface area (TPSA) is 139 Å². The molecule has 0 saturated heterocycles. The van der Waals surface area contributed by atoms with Gasteiger partial charge in [0, 0.05) is 13.2 Å². The van der Waals surface area contributed by atoms with E-state index >= 15 is 0 Å². The molecule has 3 rings (SSSR count). The fourth-order valence-electron chi connectivity index (χ4n) is 1.84. The molecule has 0 fully saturated rings. The third kappa shape index (κ3) is 5.93. The minimum Gasteiger partial charge on any atom is -0.495 e. The number of methoxy groups -OCH3 is 1. The quantitative estimate of drug-likeness (QED) is 0.544. The summed E-state index contributed by atoms with van der Waals surface area (Å²) in [4.78, 5) is 0. The highest BCUT2D eigenvalue weighted by Gasteiger charge is 2.14. The number of rotatable bonds is 4. The Morgan fingerprint density at radius 3 is 2.50 bits per heavy atom. The molecule has 13 heteroatoms. The third-order valence-electron chi connectivity index (χ3n) is 2.76. The molecular formula is C13H14ClN5O5S2. The molecule has 3 N–H and O–H groups in total. The molecule has 0 atom stereocenters. The second-order valence-corrected chi connectivity index (χ2v) is 6.97. The smallest absolute Gasteiger partial charge is 0.394 e. The lowest BCUT2D eigenvalue weighted by Crippen LogP contribution is -1.93. The van der Waals surface area contributed by atoms with Crippen LogP contribution in [0.1, 0.15) is 0 Å². The summed E-state index contributed by atoms with van der Waals surface area (Å²) < 4.78 is 38.5. The van der Waals surface area contributed by atoms with Crippen molar-refractivity contribution in [2.45, 2.75) is 0 Å². The van der Waals surface area contributed by atoms with Gasteiger partial charge in [0.15, 0.2) is 5.01 Å². The number of halogens is 1. The second kappa shape index (κ2) is 8.42. The van der Waals surface area contributed by atoms with E-state index in [0.717, 1.165) is 11.4 Å². The summed E-state index contributed by atoms with van der Waals surface area (Å²) in [6, 6.07) is 7.61. The van der Waals surface area contributed by atoms with Crippen LogP contribution in [-0.2, 0) is 17.4 Å². The van der Waals surface area contributed by atoms with Crippen LogP contribution in [0.25, 0.3) is 10.7 Å². The van der Waals surface area contributed by atoms with Crippen LogP contribution in [0.4, 0.5) is 10.8 Å². The molecule has 10 nitrogen and oxygen atoms in total. The molecule has 140 valence electrons. The van der Waals surface area contributed by atoms with E-state index < -0.39 is 10.4 Å². The molecule has 0 aliphatic heterocycles. The first kappa shape index (κ1) is 20.1. The number of benzene rings is 1. The molecule has 2 aromatic heterocycles. The number of anilines is 2. The van der Waals surface area contributed by atoms with Crippen LogP contribution in [0.5, 0.6) is 5.75 Å². The van der Waals surface area contributed by atoms with E-state index in [1.807, 2.05) is 31.3 Å². The zero-order chi connectivity index (χ0) is 19.3. The molecule has 1 aromatic carbocycles. The molecule has 0 bridgehead atoms. The summed E-state index contributed by atoms with van der Waals surface area (Å²) in [5.74, 6) is 0.741. The van der Waals surface area contributed by atoms with Crippen LogP contribution in [0.2, 0.25) is 5.02 Å². The number of aryl methyl sites for hydroxylation is 1. The predicted molar refractivity (Wildman–Crippen MR) is 97.6 cm³/mol. The van der Waals surface area contributed by atoms with Crippen molar-refractivity contribution in [1.29, 1.82) is 0 Å². The molecule has 0 amide bonds. The Morgan fingerprint density at radius 2 is 1.92 bits per heavy atom. The average molecular weight is 420 g/mol. The molecule has 0 aliphatic rings. The first-order valence-electron chi connectivity index (χ1n) is 6.80. The monoisotopic (exact) mass is 419 g/mol. The Balaban J connectivity index is 0.000000431. The lowest BCUT2D eigenvalue weighted by atomic mass is 10.3. The fraction of sp³-hybridized carbons (Fsp3) is 0.154. The first-order valence-corrected chi connectivity index (χ1v) is 9.39. The number of hydrogen-bond acceptors (Lipinski definition) is 8. The summed E-state index contributed by atoms with van der Waals surface area (Å²) in [6.45, 7) is 0. The summed E-state index contributed by atoms with van der Waals surface area (Å²) in [7, 11) is -1.23. The van der Waals surface area contributed by atoms with Crippen LogP contribution in [0.3, 0.4) is 0 Å². The zero-order valence-corrected chi connectivity index (χ0v) is 15.9. The van der Waals surface area contributed by atoms with E-state index in [-0.39, 0.29) is 0 Å². The number of nitrogens with one attached hydrogen (secondary N) is 1. The maximum absolute atomic E-state index is 8.74. The molecule has 2 heterocycles. The van der Waals surface area contributed by atoms with E-state index in [1.54, 1.807) is 18.0 Å². The Hall–Kier alpha value is -2.25. The lowest BCUT2D eigenvalue weighted by Gasteiger charge is -2.07. The Morgan fingerprint density at radius 1 is 1.27 bits per heavy atom. The Kier molecular flexibility index (Phi) is 6.50. The molecule has 0 unspecified atom stereocenters. The number of para-hydroxylation sites is 2. The maximum Gasteiger partial charge on any atom is 0.394 e. The average Bonchev–Trinajstić information content (AvgIpc) is 3.12. The number of hydrogen-bond donors (Lipinski definition) is 3. The SMILES string of the molecule is COc1ccccc1Nc1nnc(-c2nn(C)cc2Cl)s1.O=S(=O)(O)O. The first-order chi connectivity index (χ1) is 12.2. The second-order valence-electron chi connectivity index (χ2n) is 4.68. The van der Waals surface area contributed by atoms with Gasteiger partial charge in [0.2, 0.25) is 5.13 Å². The van der Waals surface area contributed by atoms with Crippen molar-refractivity contribution >= 4 is 44.2 Å². The van der Waals surface area contributed by atoms with Crippen molar-refractivity contribution in [3.63, 3.8) is 0 Å². The van der Waals surface area contributed by atoms with Crippen molar-refractivity contribution in [2.24, 2.45) is 7.05 Å². The van der Waals surface area contributed by atoms with E-state index in [9.17, 15) is 0 Å². The van der Waals surface area contributed by atoms with Crippen LogP contribution in [0, 0.1) is 0 Å². The van der Waals surface area contributed by atoms with Crippen LogP contribution < -0.4 is 10.1 Å². The molecule has 0 radical (unpaired) electrons. The predicted octanol–water partition coefficient (Wildman–Crippen LogP) is 2.69. The van der Waals surface area contributed by atoms with Crippen molar-refractivity contribution in [1.82, 2.24) is 20.0 Å². The van der Waals surface area contributed by atoms with E-state index in [4.69, 9.17) is 33.9 Å². The van der Waals surface area contributed by atoms with Gasteiger partial charge in [0.1, 0.15) is 11.4 Å². The van der Waals surface area contributed by atoms with Crippen molar-refractivity contribution in [3.05, 3.63) is 35.5 Å².